The zero-order valence-corrected chi connectivity index (χ0v) is 17.2. The van der Waals surface area contributed by atoms with E-state index in [0.717, 1.165) is 28.8 Å². The number of rotatable bonds is 2. The highest BCUT2D eigenvalue weighted by atomic mass is 16.3. The molecule has 1 aliphatic rings. The lowest BCUT2D eigenvalue weighted by Gasteiger charge is -2.13. The number of likely N-dealkylation sites (N-methyl/N-ethyl adjacent to an activating group) is 1. The van der Waals surface area contributed by atoms with Gasteiger partial charge in [0.15, 0.2) is 13.7 Å². The largest absolute Gasteiger partial charge is 0.382 e. The molecule has 8 heteroatoms. The van der Waals surface area contributed by atoms with Crippen LogP contribution in [0, 0.1) is 11.8 Å². The summed E-state index contributed by atoms with van der Waals surface area (Å²) in [5.41, 5.74) is 9.81. The topological polar surface area (TPSA) is 105 Å². The molecule has 30 heavy (non-hydrogen) atoms. The molecule has 0 radical (unpaired) electrons. The second kappa shape index (κ2) is 7.43. The first kappa shape index (κ1) is 19.9. The van der Waals surface area contributed by atoms with E-state index in [9.17, 15) is 9.90 Å². The van der Waals surface area contributed by atoms with Gasteiger partial charge in [0.1, 0.15) is 5.52 Å². The van der Waals surface area contributed by atoms with E-state index in [0.29, 0.717) is 35.6 Å². The van der Waals surface area contributed by atoms with Crippen molar-refractivity contribution in [3.8, 4) is 23.1 Å². The van der Waals surface area contributed by atoms with Crippen LogP contribution in [0.2, 0.25) is 0 Å². The van der Waals surface area contributed by atoms with Crippen molar-refractivity contribution in [3.63, 3.8) is 0 Å². The van der Waals surface area contributed by atoms with Crippen molar-refractivity contribution in [2.75, 3.05) is 19.3 Å². The zero-order valence-electron chi connectivity index (χ0n) is 17.2. The van der Waals surface area contributed by atoms with Gasteiger partial charge in [0.05, 0.1) is 16.9 Å². The summed E-state index contributed by atoms with van der Waals surface area (Å²) in [7, 11) is 3.47. The average molecular weight is 399 g/mol. The third-order valence-electron chi connectivity index (χ3n) is 5.33. The Hall–Kier alpha value is -3.44. The normalized spacial score (nSPS) is 18.5. The monoisotopic (exact) mass is 399 g/mol. The van der Waals surface area contributed by atoms with Crippen LogP contribution in [0.15, 0.2) is 30.3 Å². The molecule has 1 aliphatic heterocycles. The smallest absolute Gasteiger partial charge is 0.267 e. The number of nitrogens with two attached hydrogens (primary N) is 1. The number of benzene rings is 1. The summed E-state index contributed by atoms with van der Waals surface area (Å²) in [6.07, 6.45) is 1.09. The fraction of sp³-hybridized carbons (Fsp3) is 0.273. The lowest BCUT2D eigenvalue weighted by molar-refractivity contribution is -0.137. The Balaban J connectivity index is 1.76. The quantitative estimate of drug-likeness (QED) is 0.466. The third-order valence-corrected chi connectivity index (χ3v) is 5.33. The SMILES string of the molecule is Bc1nc(N)c2nc(-c3cccc(C#C[C@]4(O)CCN(C)C4=O)c3)cc(CC)c2n1. The molecule has 1 saturated heterocycles. The Morgan fingerprint density at radius 3 is 2.77 bits per heavy atom. The van der Waals surface area contributed by atoms with Crippen molar-refractivity contribution in [1.29, 1.82) is 0 Å². The molecular formula is C22H22BN5O2. The molecule has 4 rings (SSSR count). The number of nitrogen functional groups attached to an aromatic ring is 1. The third kappa shape index (κ3) is 3.48. The number of likely N-dealkylation sites (tertiary alicyclic amines) is 1. The molecule has 0 unspecified atom stereocenters. The van der Waals surface area contributed by atoms with E-state index in [1.54, 1.807) is 7.05 Å². The summed E-state index contributed by atoms with van der Waals surface area (Å²) in [6, 6.07) is 9.54. The molecule has 0 aliphatic carbocycles. The fourth-order valence-corrected chi connectivity index (χ4v) is 3.63. The van der Waals surface area contributed by atoms with Gasteiger partial charge in [0.25, 0.3) is 5.91 Å². The minimum absolute atomic E-state index is 0.305. The van der Waals surface area contributed by atoms with E-state index < -0.39 is 5.60 Å². The van der Waals surface area contributed by atoms with E-state index in [2.05, 4.69) is 28.7 Å². The Morgan fingerprint density at radius 1 is 1.27 bits per heavy atom. The molecule has 0 spiro atoms. The summed E-state index contributed by atoms with van der Waals surface area (Å²) in [6.45, 7) is 2.55. The van der Waals surface area contributed by atoms with E-state index in [1.165, 1.54) is 4.90 Å². The summed E-state index contributed by atoms with van der Waals surface area (Å²) in [5.74, 6) is 5.70. The number of hydrogen-bond acceptors (Lipinski definition) is 6. The van der Waals surface area contributed by atoms with E-state index in [-0.39, 0.29) is 5.91 Å². The van der Waals surface area contributed by atoms with E-state index >= 15 is 0 Å². The number of fused-ring (bicyclic) bond motifs is 1. The number of pyridine rings is 1. The molecule has 3 N–H and O–H groups in total. The van der Waals surface area contributed by atoms with Gasteiger partial charge in [-0.3, -0.25) is 4.79 Å². The predicted molar refractivity (Wildman–Crippen MR) is 119 cm³/mol. The molecule has 1 fully saturated rings. The number of hydrogen-bond donors (Lipinski definition) is 2. The number of carbonyl (C=O) groups excluding carboxylic acids is 1. The van der Waals surface area contributed by atoms with Crippen LogP contribution in [-0.2, 0) is 11.2 Å². The van der Waals surface area contributed by atoms with Crippen molar-refractivity contribution in [1.82, 2.24) is 19.9 Å². The minimum Gasteiger partial charge on any atom is -0.382 e. The second-order valence-corrected chi connectivity index (χ2v) is 7.54. The van der Waals surface area contributed by atoms with Crippen LogP contribution in [0.1, 0.15) is 24.5 Å². The highest BCUT2D eigenvalue weighted by molar-refractivity contribution is 6.29. The molecule has 1 amide bonds. The van der Waals surface area contributed by atoms with Gasteiger partial charge in [0.2, 0.25) is 5.60 Å². The Labute approximate surface area is 175 Å². The van der Waals surface area contributed by atoms with E-state index in [1.807, 2.05) is 38.2 Å². The maximum absolute atomic E-state index is 12.1. The van der Waals surface area contributed by atoms with Crippen LogP contribution in [0.3, 0.4) is 0 Å². The maximum atomic E-state index is 12.1. The van der Waals surface area contributed by atoms with Gasteiger partial charge in [-0.1, -0.05) is 30.9 Å². The van der Waals surface area contributed by atoms with Gasteiger partial charge in [-0.25, -0.2) is 15.0 Å². The fourth-order valence-electron chi connectivity index (χ4n) is 3.63. The number of aryl methyl sites for hydroxylation is 1. The predicted octanol–water partition coefficient (Wildman–Crippen LogP) is 0.0395. The number of aromatic nitrogens is 3. The molecule has 0 bridgehead atoms. The van der Waals surface area contributed by atoms with Crippen LogP contribution in [0.4, 0.5) is 5.82 Å². The maximum Gasteiger partial charge on any atom is 0.267 e. The number of nitrogens with zero attached hydrogens (tertiary/aromatic N) is 4. The van der Waals surface area contributed by atoms with Gasteiger partial charge in [-0.05, 0) is 30.2 Å². The summed E-state index contributed by atoms with van der Waals surface area (Å²) >= 11 is 0. The van der Waals surface area contributed by atoms with Crippen molar-refractivity contribution < 1.29 is 9.90 Å². The van der Waals surface area contributed by atoms with Gasteiger partial charge in [0, 0.05) is 31.1 Å². The molecule has 3 aromatic rings. The van der Waals surface area contributed by atoms with Gasteiger partial charge >= 0.3 is 0 Å². The molecule has 1 aromatic carbocycles. The molecule has 1 atom stereocenters. The summed E-state index contributed by atoms with van der Waals surface area (Å²) < 4.78 is 0. The Bertz CT molecular complexity index is 1230. The lowest BCUT2D eigenvalue weighted by Crippen LogP contribution is -2.37. The van der Waals surface area contributed by atoms with E-state index in [4.69, 9.17) is 10.7 Å². The summed E-state index contributed by atoms with van der Waals surface area (Å²) in [4.78, 5) is 27.1. The first-order valence-electron chi connectivity index (χ1n) is 9.86. The molecule has 150 valence electrons. The molecule has 3 heterocycles. The number of aliphatic hydroxyl groups is 1. The molecule has 2 aromatic heterocycles. The molecule has 7 nitrogen and oxygen atoms in total. The average Bonchev–Trinajstić information content (AvgIpc) is 3.00. The van der Waals surface area contributed by atoms with Crippen molar-refractivity contribution in [2.45, 2.75) is 25.4 Å². The molecule has 0 saturated carbocycles. The van der Waals surface area contributed by atoms with Crippen LogP contribution < -0.4 is 11.5 Å². The highest BCUT2D eigenvalue weighted by Crippen LogP contribution is 2.26. The van der Waals surface area contributed by atoms with Crippen molar-refractivity contribution in [2.24, 2.45) is 0 Å². The number of carbonyl (C=O) groups is 1. The van der Waals surface area contributed by atoms with Crippen LogP contribution in [0.5, 0.6) is 0 Å². The van der Waals surface area contributed by atoms with Gasteiger partial charge in [-0.2, -0.15) is 0 Å². The number of amides is 1. The van der Waals surface area contributed by atoms with Crippen LogP contribution in [0.25, 0.3) is 22.3 Å². The van der Waals surface area contributed by atoms with Crippen LogP contribution >= 0.6 is 0 Å². The van der Waals surface area contributed by atoms with Crippen molar-refractivity contribution in [3.05, 3.63) is 41.5 Å². The van der Waals surface area contributed by atoms with Gasteiger partial charge in [-0.15, -0.1) is 0 Å². The molecular weight excluding hydrogens is 377 g/mol. The second-order valence-electron chi connectivity index (χ2n) is 7.54. The zero-order chi connectivity index (χ0) is 21.5. The number of anilines is 1. The standard InChI is InChI=1S/C22H22BN5O2/c1-3-14-12-16(25-18-17(14)26-21(23)27-19(18)24)15-6-4-5-13(11-15)7-8-22(30)9-10-28(2)20(22)29/h4-6,11-12,30H,3,9-10,23H2,1-2H3,(H2,24,26,27)/t22-/m0/s1. The van der Waals surface area contributed by atoms with Crippen molar-refractivity contribution >= 4 is 36.3 Å². The minimum atomic E-state index is -1.62. The Kier molecular flexibility index (Phi) is 4.92. The lowest BCUT2D eigenvalue weighted by atomic mass is 10.0. The van der Waals surface area contributed by atoms with Crippen LogP contribution in [-0.4, -0.2) is 57.9 Å². The first-order chi connectivity index (χ1) is 14.3. The summed E-state index contributed by atoms with van der Waals surface area (Å²) in [5, 5.41) is 10.5. The highest BCUT2D eigenvalue weighted by Gasteiger charge is 2.42. The Morgan fingerprint density at radius 2 is 2.07 bits per heavy atom. The first-order valence-corrected chi connectivity index (χ1v) is 9.86. The van der Waals surface area contributed by atoms with Gasteiger partial charge < -0.3 is 15.7 Å².